The maximum Gasteiger partial charge on any atom is 0.0942 e. The minimum atomic E-state index is -0.760. The summed E-state index contributed by atoms with van der Waals surface area (Å²) in [6.45, 7) is 0. The van der Waals surface area contributed by atoms with E-state index in [1.54, 1.807) is 12.4 Å². The summed E-state index contributed by atoms with van der Waals surface area (Å²) in [6.07, 6.45) is 5.80. The summed E-state index contributed by atoms with van der Waals surface area (Å²) >= 11 is 0. The number of nitrogen functional groups attached to an aromatic ring is 1. The van der Waals surface area contributed by atoms with E-state index in [1.807, 2.05) is 30.3 Å². The molecule has 0 spiro atoms. The quantitative estimate of drug-likeness (QED) is 0.790. The lowest BCUT2D eigenvalue weighted by molar-refractivity contribution is 0.0389. The average Bonchev–Trinajstić information content (AvgIpc) is 2.67. The van der Waals surface area contributed by atoms with Crippen LogP contribution in [0.2, 0.25) is 0 Å². The highest BCUT2D eigenvalue weighted by Gasteiger charge is 2.36. The van der Waals surface area contributed by atoms with Gasteiger partial charge in [-0.1, -0.05) is 6.07 Å². The van der Waals surface area contributed by atoms with E-state index in [4.69, 9.17) is 5.73 Å². The normalized spacial score (nSPS) is 21.8. The van der Waals surface area contributed by atoms with Crippen LogP contribution in [-0.2, 0) is 18.4 Å². The number of aromatic nitrogens is 1. The summed E-state index contributed by atoms with van der Waals surface area (Å²) in [5, 5.41) is 10.8. The van der Waals surface area contributed by atoms with Gasteiger partial charge in [-0.25, -0.2) is 0 Å². The number of nitrogens with two attached hydrogens (primary N) is 1. The summed E-state index contributed by atoms with van der Waals surface area (Å²) in [4.78, 5) is 4.00. The SMILES string of the molecule is Nc1ccc2c(c1)CCC2(O)Cc1ccncc1. The molecule has 92 valence electrons. The number of aliphatic hydroxyl groups is 1. The van der Waals surface area contributed by atoms with Gasteiger partial charge in [-0.15, -0.1) is 0 Å². The number of aryl methyl sites for hydroxylation is 1. The van der Waals surface area contributed by atoms with Gasteiger partial charge in [-0.3, -0.25) is 4.98 Å². The number of pyridine rings is 1. The monoisotopic (exact) mass is 240 g/mol. The largest absolute Gasteiger partial charge is 0.399 e. The first-order chi connectivity index (χ1) is 8.67. The number of rotatable bonds is 2. The topological polar surface area (TPSA) is 59.1 Å². The molecule has 1 atom stereocenters. The van der Waals surface area contributed by atoms with Gasteiger partial charge in [0.05, 0.1) is 5.60 Å². The van der Waals surface area contributed by atoms with Gasteiger partial charge in [-0.05, 0) is 53.8 Å². The molecule has 18 heavy (non-hydrogen) atoms. The molecule has 1 aromatic carbocycles. The molecule has 1 aliphatic carbocycles. The number of hydrogen-bond acceptors (Lipinski definition) is 3. The lowest BCUT2D eigenvalue weighted by atomic mass is 9.89. The van der Waals surface area contributed by atoms with E-state index in [2.05, 4.69) is 4.98 Å². The van der Waals surface area contributed by atoms with Crippen LogP contribution < -0.4 is 5.73 Å². The Morgan fingerprint density at radius 3 is 2.78 bits per heavy atom. The Hall–Kier alpha value is -1.87. The molecule has 0 radical (unpaired) electrons. The van der Waals surface area contributed by atoms with Crippen LogP contribution in [0.4, 0.5) is 5.69 Å². The summed E-state index contributed by atoms with van der Waals surface area (Å²) in [5.41, 5.74) is 9.09. The first kappa shape index (κ1) is 11.2. The van der Waals surface area contributed by atoms with E-state index in [9.17, 15) is 5.11 Å². The number of fused-ring (bicyclic) bond motifs is 1. The van der Waals surface area contributed by atoms with Gasteiger partial charge in [0.2, 0.25) is 0 Å². The molecule has 3 heteroatoms. The van der Waals surface area contributed by atoms with Gasteiger partial charge in [0.1, 0.15) is 0 Å². The van der Waals surface area contributed by atoms with E-state index in [-0.39, 0.29) is 0 Å². The summed E-state index contributed by atoms with van der Waals surface area (Å²) < 4.78 is 0. The van der Waals surface area contributed by atoms with Crippen LogP contribution in [0.3, 0.4) is 0 Å². The van der Waals surface area contributed by atoms with Gasteiger partial charge >= 0.3 is 0 Å². The second-order valence-electron chi connectivity index (χ2n) is 4.98. The zero-order chi connectivity index (χ0) is 12.6. The lowest BCUT2D eigenvalue weighted by Crippen LogP contribution is -2.25. The van der Waals surface area contributed by atoms with E-state index < -0.39 is 5.60 Å². The molecule has 3 rings (SSSR count). The first-order valence-electron chi connectivity index (χ1n) is 6.17. The second-order valence-corrected chi connectivity index (χ2v) is 4.98. The van der Waals surface area contributed by atoms with Crippen LogP contribution in [0.15, 0.2) is 42.7 Å². The molecule has 0 amide bonds. The molecule has 0 fully saturated rings. The Bertz CT molecular complexity index is 568. The van der Waals surface area contributed by atoms with Crippen LogP contribution in [0.5, 0.6) is 0 Å². The van der Waals surface area contributed by atoms with Crippen molar-refractivity contribution in [2.75, 3.05) is 5.73 Å². The summed E-state index contributed by atoms with van der Waals surface area (Å²) in [7, 11) is 0. The van der Waals surface area contributed by atoms with E-state index in [0.29, 0.717) is 6.42 Å². The van der Waals surface area contributed by atoms with Gasteiger partial charge < -0.3 is 10.8 Å². The molecule has 1 heterocycles. The highest BCUT2D eigenvalue weighted by molar-refractivity contribution is 5.49. The Balaban J connectivity index is 1.94. The molecule has 1 unspecified atom stereocenters. The highest BCUT2D eigenvalue weighted by atomic mass is 16.3. The van der Waals surface area contributed by atoms with Crippen LogP contribution in [0, 0.1) is 0 Å². The van der Waals surface area contributed by atoms with E-state index in [1.165, 1.54) is 5.56 Å². The third kappa shape index (κ3) is 1.87. The average molecular weight is 240 g/mol. The van der Waals surface area contributed by atoms with Gasteiger partial charge in [0.25, 0.3) is 0 Å². The molecule has 0 aliphatic heterocycles. The van der Waals surface area contributed by atoms with Crippen molar-refractivity contribution in [2.24, 2.45) is 0 Å². The van der Waals surface area contributed by atoms with Crippen LogP contribution in [0.25, 0.3) is 0 Å². The molecular formula is C15H16N2O. The third-order valence-electron chi connectivity index (χ3n) is 3.68. The van der Waals surface area contributed by atoms with Crippen LogP contribution in [0.1, 0.15) is 23.1 Å². The van der Waals surface area contributed by atoms with Crippen molar-refractivity contribution in [2.45, 2.75) is 24.9 Å². The van der Waals surface area contributed by atoms with Crippen molar-refractivity contribution in [3.63, 3.8) is 0 Å². The maximum atomic E-state index is 10.8. The third-order valence-corrected chi connectivity index (χ3v) is 3.68. The molecule has 0 saturated carbocycles. The van der Waals surface area contributed by atoms with Gasteiger partial charge in [0, 0.05) is 24.5 Å². The summed E-state index contributed by atoms with van der Waals surface area (Å²) in [5.74, 6) is 0. The number of anilines is 1. The minimum absolute atomic E-state index is 0.631. The fourth-order valence-corrected chi connectivity index (χ4v) is 2.77. The van der Waals surface area contributed by atoms with Crippen molar-refractivity contribution in [3.8, 4) is 0 Å². The summed E-state index contributed by atoms with van der Waals surface area (Å²) in [6, 6.07) is 9.70. The standard InChI is InChI=1S/C15H16N2O/c16-13-1-2-14-12(9-13)3-6-15(14,18)10-11-4-7-17-8-5-11/h1-2,4-5,7-9,18H,3,6,10,16H2. The molecule has 1 aromatic heterocycles. The van der Waals surface area contributed by atoms with Gasteiger partial charge in [0.15, 0.2) is 0 Å². The fourth-order valence-electron chi connectivity index (χ4n) is 2.77. The molecule has 3 N–H and O–H groups in total. The first-order valence-corrected chi connectivity index (χ1v) is 6.17. The maximum absolute atomic E-state index is 10.8. The highest BCUT2D eigenvalue weighted by Crippen LogP contribution is 2.39. The number of nitrogens with zero attached hydrogens (tertiary/aromatic N) is 1. The molecule has 1 aliphatic rings. The second kappa shape index (κ2) is 4.10. The Morgan fingerprint density at radius 2 is 2.00 bits per heavy atom. The fraction of sp³-hybridized carbons (Fsp3) is 0.267. The van der Waals surface area contributed by atoms with Crippen molar-refractivity contribution in [1.82, 2.24) is 4.98 Å². The van der Waals surface area contributed by atoms with Crippen molar-refractivity contribution in [3.05, 3.63) is 59.4 Å². The van der Waals surface area contributed by atoms with Crippen molar-refractivity contribution in [1.29, 1.82) is 0 Å². The van der Waals surface area contributed by atoms with Crippen LogP contribution in [-0.4, -0.2) is 10.1 Å². The number of hydrogen-bond donors (Lipinski definition) is 2. The van der Waals surface area contributed by atoms with Gasteiger partial charge in [-0.2, -0.15) is 0 Å². The number of benzene rings is 1. The molecule has 0 saturated heterocycles. The predicted octanol–water partition coefficient (Wildman–Crippen LogP) is 2.04. The molecule has 2 aromatic rings. The van der Waals surface area contributed by atoms with E-state index >= 15 is 0 Å². The Labute approximate surface area is 106 Å². The molecular weight excluding hydrogens is 224 g/mol. The molecule has 0 bridgehead atoms. The lowest BCUT2D eigenvalue weighted by Gasteiger charge is -2.24. The Kier molecular flexibility index (Phi) is 2.56. The predicted molar refractivity (Wildman–Crippen MR) is 71.0 cm³/mol. The smallest absolute Gasteiger partial charge is 0.0942 e. The molecule has 3 nitrogen and oxygen atoms in total. The van der Waals surface area contributed by atoms with Crippen molar-refractivity contribution < 1.29 is 5.11 Å². The van der Waals surface area contributed by atoms with Crippen molar-refractivity contribution >= 4 is 5.69 Å². The minimum Gasteiger partial charge on any atom is -0.399 e. The Morgan fingerprint density at radius 1 is 1.22 bits per heavy atom. The van der Waals surface area contributed by atoms with E-state index in [0.717, 1.165) is 29.7 Å². The van der Waals surface area contributed by atoms with Crippen LogP contribution >= 0.6 is 0 Å². The zero-order valence-electron chi connectivity index (χ0n) is 10.1. The zero-order valence-corrected chi connectivity index (χ0v) is 10.1.